The van der Waals surface area contributed by atoms with Crippen molar-refractivity contribution >= 4 is 11.9 Å². The molecule has 1 fully saturated rings. The maximum atomic E-state index is 15.0. The first-order valence-electron chi connectivity index (χ1n) is 14.9. The van der Waals surface area contributed by atoms with Crippen LogP contribution in [0.25, 0.3) is 0 Å². The molecule has 0 saturated carbocycles. The van der Waals surface area contributed by atoms with Crippen LogP contribution in [0.3, 0.4) is 0 Å². The maximum absolute atomic E-state index is 15.0. The molecule has 0 aliphatic carbocycles. The van der Waals surface area contributed by atoms with Crippen molar-refractivity contribution in [3.63, 3.8) is 0 Å². The van der Waals surface area contributed by atoms with E-state index in [4.69, 9.17) is 15.2 Å². The van der Waals surface area contributed by atoms with Gasteiger partial charge < -0.3 is 25.8 Å². The highest BCUT2D eigenvalue weighted by Crippen LogP contribution is 2.26. The van der Waals surface area contributed by atoms with Crippen LogP contribution in [0.15, 0.2) is 72.8 Å². The van der Waals surface area contributed by atoms with Crippen molar-refractivity contribution in [2.45, 2.75) is 69.7 Å². The van der Waals surface area contributed by atoms with Gasteiger partial charge in [0.15, 0.2) is 5.78 Å². The molecular weight excluding hydrogens is 552 g/mol. The molecule has 1 aliphatic heterocycles. The molecule has 4 rings (SSSR count). The number of ketones is 1. The molecule has 230 valence electrons. The van der Waals surface area contributed by atoms with Crippen LogP contribution >= 0.6 is 0 Å². The lowest BCUT2D eigenvalue weighted by Gasteiger charge is -2.30. The fraction of sp³-hybridized carbons (Fsp3) is 0.412. The van der Waals surface area contributed by atoms with Crippen molar-refractivity contribution in [3.05, 3.63) is 107 Å². The lowest BCUT2D eigenvalue weighted by molar-refractivity contribution is -0.120. The van der Waals surface area contributed by atoms with Crippen molar-refractivity contribution in [1.82, 2.24) is 10.6 Å². The number of benzene rings is 3. The summed E-state index contributed by atoms with van der Waals surface area (Å²) in [4.78, 5) is 25.3. The third kappa shape index (κ3) is 9.68. The first-order valence-corrected chi connectivity index (χ1v) is 14.9. The second kappa shape index (κ2) is 16.3. The predicted molar refractivity (Wildman–Crippen MR) is 162 cm³/mol. The van der Waals surface area contributed by atoms with Crippen LogP contribution in [0.5, 0.6) is 0 Å². The maximum Gasteiger partial charge on any atom is 0.407 e. The molecule has 0 radical (unpaired) electrons. The minimum absolute atomic E-state index is 0.0771. The summed E-state index contributed by atoms with van der Waals surface area (Å²) in [6.45, 7) is 3.30. The number of alkyl carbamates (subject to hydrolysis) is 1. The second-order valence-electron chi connectivity index (χ2n) is 11.0. The van der Waals surface area contributed by atoms with E-state index in [9.17, 15) is 18.4 Å². The zero-order valence-corrected chi connectivity index (χ0v) is 24.6. The Bertz CT molecular complexity index is 1310. The van der Waals surface area contributed by atoms with E-state index >= 15 is 0 Å². The fourth-order valence-electron chi connectivity index (χ4n) is 5.41. The van der Waals surface area contributed by atoms with Gasteiger partial charge in [0.1, 0.15) is 18.2 Å². The summed E-state index contributed by atoms with van der Waals surface area (Å²) >= 11 is 0. The monoisotopic (exact) mass is 593 g/mol. The Kier molecular flexibility index (Phi) is 12.2. The topological polar surface area (TPSA) is 103 Å². The van der Waals surface area contributed by atoms with Gasteiger partial charge >= 0.3 is 6.09 Å². The Morgan fingerprint density at radius 3 is 2.53 bits per heavy atom. The lowest BCUT2D eigenvalue weighted by Crippen LogP contribution is -2.49. The van der Waals surface area contributed by atoms with Gasteiger partial charge in [-0.2, -0.15) is 0 Å². The molecule has 0 unspecified atom stereocenters. The minimum atomic E-state index is -0.673. The first-order chi connectivity index (χ1) is 20.8. The van der Waals surface area contributed by atoms with E-state index < -0.39 is 12.1 Å². The third-order valence-electron chi connectivity index (χ3n) is 7.86. The van der Waals surface area contributed by atoms with Crippen LogP contribution in [-0.4, -0.2) is 49.8 Å². The number of carbonyl (C=O) groups excluding carboxylic acids is 2. The number of hydrogen-bond acceptors (Lipinski definition) is 6. The summed E-state index contributed by atoms with van der Waals surface area (Å²) < 4.78 is 39.2. The molecule has 3 aromatic rings. The number of ether oxygens (including phenoxy) is 2. The highest BCUT2D eigenvalue weighted by molar-refractivity contribution is 5.87. The summed E-state index contributed by atoms with van der Waals surface area (Å²) in [7, 11) is 0. The molecule has 0 spiro atoms. The molecule has 1 amide bonds. The van der Waals surface area contributed by atoms with Crippen molar-refractivity contribution in [2.75, 3.05) is 19.8 Å². The molecule has 4 N–H and O–H groups in total. The molecule has 7 nitrogen and oxygen atoms in total. The highest BCUT2D eigenvalue weighted by atomic mass is 19.1. The van der Waals surface area contributed by atoms with Crippen LogP contribution in [0.4, 0.5) is 13.6 Å². The number of hydrogen-bond donors (Lipinski definition) is 3. The van der Waals surface area contributed by atoms with Crippen LogP contribution < -0.4 is 16.4 Å². The fourth-order valence-corrected chi connectivity index (χ4v) is 5.41. The van der Waals surface area contributed by atoms with E-state index in [0.29, 0.717) is 37.1 Å². The number of carbonyl (C=O) groups is 2. The molecule has 3 aromatic carbocycles. The predicted octanol–water partition coefficient (Wildman–Crippen LogP) is 5.20. The molecule has 1 aliphatic rings. The van der Waals surface area contributed by atoms with Gasteiger partial charge in [0.2, 0.25) is 0 Å². The van der Waals surface area contributed by atoms with Gasteiger partial charge in [-0.25, -0.2) is 13.6 Å². The molecule has 1 saturated heterocycles. The Labute approximate surface area is 252 Å². The summed E-state index contributed by atoms with van der Waals surface area (Å²) in [6, 6.07) is 19.7. The summed E-state index contributed by atoms with van der Waals surface area (Å²) in [5.74, 6) is -0.865. The Balaban J connectivity index is 1.23. The molecular formula is C34H41F2N3O4. The number of amides is 1. The summed E-state index contributed by atoms with van der Waals surface area (Å²) in [5, 5.41) is 5.96. The van der Waals surface area contributed by atoms with Gasteiger partial charge in [0, 0.05) is 25.4 Å². The third-order valence-corrected chi connectivity index (χ3v) is 7.86. The number of morpholine rings is 1. The van der Waals surface area contributed by atoms with Crippen LogP contribution in [0, 0.1) is 11.6 Å². The lowest BCUT2D eigenvalue weighted by atomic mass is 9.84. The number of halogens is 2. The average molecular weight is 594 g/mol. The van der Waals surface area contributed by atoms with Gasteiger partial charge in [-0.15, -0.1) is 0 Å². The van der Waals surface area contributed by atoms with Crippen LogP contribution in [0.1, 0.15) is 54.4 Å². The smallest absolute Gasteiger partial charge is 0.407 e. The number of nitrogens with two attached hydrogens (primary N) is 1. The van der Waals surface area contributed by atoms with Gasteiger partial charge in [-0.3, -0.25) is 4.79 Å². The minimum Gasteiger partial charge on any atom is -0.448 e. The molecule has 43 heavy (non-hydrogen) atoms. The molecule has 0 aromatic heterocycles. The van der Waals surface area contributed by atoms with Crippen molar-refractivity contribution in [1.29, 1.82) is 0 Å². The van der Waals surface area contributed by atoms with Crippen molar-refractivity contribution < 1.29 is 27.8 Å². The van der Waals surface area contributed by atoms with E-state index in [0.717, 1.165) is 24.0 Å². The van der Waals surface area contributed by atoms with Gasteiger partial charge in [0.25, 0.3) is 0 Å². The zero-order chi connectivity index (χ0) is 30.6. The summed E-state index contributed by atoms with van der Waals surface area (Å²) in [6.07, 6.45) is 2.04. The van der Waals surface area contributed by atoms with E-state index in [1.54, 1.807) is 24.3 Å². The number of nitrogens with one attached hydrogen (secondary N) is 2. The van der Waals surface area contributed by atoms with Gasteiger partial charge in [0.05, 0.1) is 24.8 Å². The highest BCUT2D eigenvalue weighted by Gasteiger charge is 2.27. The Hall–Kier alpha value is -3.66. The molecule has 4 atom stereocenters. The van der Waals surface area contributed by atoms with Crippen LogP contribution in [-0.2, 0) is 33.7 Å². The SMILES string of the molecule is CCC[C@@H](c1ccccc1)[C@H](N)C(=O)Cc1cccc(F)c1CC[C@@H]1CN[C@H](COC(=O)NCc2ccc(F)cc2)CO1. The van der Waals surface area contributed by atoms with Crippen molar-refractivity contribution in [2.24, 2.45) is 5.73 Å². The van der Waals surface area contributed by atoms with E-state index in [1.807, 2.05) is 30.3 Å². The Morgan fingerprint density at radius 2 is 1.84 bits per heavy atom. The standard InChI is InChI=1S/C34H41F2N3O4/c1-2-7-30(24-8-4-3-5-9-24)33(37)32(40)18-25-10-6-11-31(36)29(25)17-16-28-20-38-27(21-42-28)22-43-34(41)39-19-23-12-14-26(35)15-13-23/h3-6,8-15,27-28,30,33,38H,2,7,16-22,37H2,1H3,(H,39,41)/t27-,28+,30-,33-/m0/s1. The second-order valence-corrected chi connectivity index (χ2v) is 11.0. The summed E-state index contributed by atoms with van der Waals surface area (Å²) in [5.41, 5.74) is 9.47. The molecule has 9 heteroatoms. The number of rotatable bonds is 14. The Morgan fingerprint density at radius 1 is 1.07 bits per heavy atom. The quantitative estimate of drug-likeness (QED) is 0.237. The van der Waals surface area contributed by atoms with Gasteiger partial charge in [-0.1, -0.05) is 67.9 Å². The van der Waals surface area contributed by atoms with Crippen LogP contribution in [0.2, 0.25) is 0 Å². The first kappa shape index (κ1) is 32.3. The zero-order valence-electron chi connectivity index (χ0n) is 24.6. The van der Waals surface area contributed by atoms with Crippen molar-refractivity contribution in [3.8, 4) is 0 Å². The largest absolute Gasteiger partial charge is 0.448 e. The number of Topliss-reactive ketones (excluding diaryl/α,β-unsaturated/α-hetero) is 1. The van der Waals surface area contributed by atoms with Gasteiger partial charge in [-0.05, 0) is 59.7 Å². The van der Waals surface area contributed by atoms with E-state index in [2.05, 4.69) is 17.6 Å². The van der Waals surface area contributed by atoms with E-state index in [1.165, 1.54) is 18.2 Å². The van der Waals surface area contributed by atoms with E-state index in [-0.39, 0.29) is 55.1 Å². The normalized spacial score (nSPS) is 18.0. The molecule has 1 heterocycles. The average Bonchev–Trinajstić information content (AvgIpc) is 3.02. The molecule has 0 bridgehead atoms.